The van der Waals surface area contributed by atoms with Gasteiger partial charge in [-0.1, -0.05) is 0 Å². The molecule has 0 rings (SSSR count). The van der Waals surface area contributed by atoms with Crippen LogP contribution in [0.15, 0.2) is 0 Å². The van der Waals surface area contributed by atoms with Crippen LogP contribution in [0, 0.1) is 0 Å². The molecule has 0 aromatic rings. The number of nitrogens with two attached hydrogens (primary N) is 1. The van der Waals surface area contributed by atoms with E-state index in [0.717, 1.165) is 0 Å². The Hall–Kier alpha value is 0.568. The Balaban J connectivity index is 0. The first-order chi connectivity index (χ1) is 2.77. The molecule has 0 amide bonds. The quantitative estimate of drug-likeness (QED) is 0.731. The van der Waals surface area contributed by atoms with Crippen molar-refractivity contribution in [1.82, 2.24) is 0 Å². The first-order valence-corrected chi connectivity index (χ1v) is 1.86. The minimum absolute atomic E-state index is 0. The zero-order chi connectivity index (χ0) is 4.99. The van der Waals surface area contributed by atoms with E-state index in [4.69, 9.17) is 16.6 Å². The second-order valence-corrected chi connectivity index (χ2v) is 1.09. The largest absolute Gasteiger partial charge is 0.652 e. The molecule has 0 aliphatic carbocycles. The number of aliphatic hydroxyl groups excluding tert-OH is 1. The summed E-state index contributed by atoms with van der Waals surface area (Å²) in [6, 6.07) is 0. The number of hydrogen-bond acceptors (Lipinski definition) is 2. The van der Waals surface area contributed by atoms with Gasteiger partial charge in [-0.05, 0) is 19.2 Å². The minimum atomic E-state index is -0.977. The molecule has 0 aromatic heterocycles. The van der Waals surface area contributed by atoms with Gasteiger partial charge < -0.3 is 16.6 Å². The van der Waals surface area contributed by atoms with Crippen LogP contribution in [0.1, 0.15) is 6.42 Å². The third-order valence-electron chi connectivity index (χ3n) is 0.440. The summed E-state index contributed by atoms with van der Waals surface area (Å²) >= 11 is 0. The number of nitrogens with one attached hydrogen (secondary N) is 1. The maximum Gasteiger partial charge on any atom is 0 e. The Kier molecular flexibility index (Phi) is 9.88. The Morgan fingerprint density at radius 3 is 2.14 bits per heavy atom. The fraction of sp³-hybridized carbons (Fsp3) is 1.00. The van der Waals surface area contributed by atoms with Crippen LogP contribution in [0.5, 0.6) is 0 Å². The van der Waals surface area contributed by atoms with Gasteiger partial charge >= 0.3 is 0 Å². The first-order valence-electron chi connectivity index (χ1n) is 1.86. The van der Waals surface area contributed by atoms with Crippen molar-refractivity contribution in [2.45, 2.75) is 12.6 Å². The van der Waals surface area contributed by atoms with Crippen LogP contribution in [-0.2, 0) is 21.1 Å². The van der Waals surface area contributed by atoms with Gasteiger partial charge in [0.25, 0.3) is 0 Å². The van der Waals surface area contributed by atoms with Crippen molar-refractivity contribution in [2.24, 2.45) is 5.73 Å². The molecule has 4 heteroatoms. The zero-order valence-corrected chi connectivity index (χ0v) is 6.10. The molecule has 3 nitrogen and oxygen atoms in total. The molecular formula is C3H9N2OPt-. The van der Waals surface area contributed by atoms with Gasteiger partial charge in [-0.3, -0.25) is 0 Å². The van der Waals surface area contributed by atoms with Crippen LogP contribution in [0.25, 0.3) is 5.73 Å². The smallest absolute Gasteiger partial charge is 0 e. The molecule has 0 bridgehead atoms. The Labute approximate surface area is 57.3 Å². The molecule has 0 spiro atoms. The summed E-state index contributed by atoms with van der Waals surface area (Å²) in [5.41, 5.74) is 11.4. The molecule has 0 radical (unpaired) electrons. The van der Waals surface area contributed by atoms with Gasteiger partial charge in [-0.2, -0.15) is 0 Å². The van der Waals surface area contributed by atoms with E-state index in [-0.39, 0.29) is 21.1 Å². The van der Waals surface area contributed by atoms with Crippen molar-refractivity contribution in [3.05, 3.63) is 5.73 Å². The monoisotopic (exact) mass is 284 g/mol. The number of rotatable bonds is 2. The molecule has 0 saturated heterocycles. The molecule has 7 heavy (non-hydrogen) atoms. The zero-order valence-electron chi connectivity index (χ0n) is 3.83. The third kappa shape index (κ3) is 10.8. The minimum Gasteiger partial charge on any atom is -0.652 e. The van der Waals surface area contributed by atoms with Crippen LogP contribution in [0.4, 0.5) is 0 Å². The van der Waals surface area contributed by atoms with E-state index in [2.05, 4.69) is 0 Å². The second-order valence-electron chi connectivity index (χ2n) is 1.09. The van der Waals surface area contributed by atoms with Crippen LogP contribution in [0.2, 0.25) is 0 Å². The van der Waals surface area contributed by atoms with E-state index < -0.39 is 6.23 Å². The molecule has 1 unspecified atom stereocenters. The van der Waals surface area contributed by atoms with E-state index in [9.17, 15) is 0 Å². The molecule has 4 N–H and O–H groups in total. The number of hydrogen-bond donors (Lipinski definition) is 2. The second kappa shape index (κ2) is 6.57. The third-order valence-corrected chi connectivity index (χ3v) is 0.440. The van der Waals surface area contributed by atoms with E-state index in [1.165, 1.54) is 0 Å². The van der Waals surface area contributed by atoms with Crippen molar-refractivity contribution >= 4 is 0 Å². The van der Waals surface area contributed by atoms with E-state index in [0.29, 0.717) is 13.0 Å². The molecule has 0 aromatic carbocycles. The fourth-order valence-corrected chi connectivity index (χ4v) is 0.158. The van der Waals surface area contributed by atoms with Crippen molar-refractivity contribution < 1.29 is 26.2 Å². The summed E-state index contributed by atoms with van der Waals surface area (Å²) in [5.74, 6) is 0. The Morgan fingerprint density at radius 1 is 1.71 bits per heavy atom. The van der Waals surface area contributed by atoms with Crippen LogP contribution < -0.4 is 5.73 Å². The summed E-state index contributed by atoms with van der Waals surface area (Å²) in [6.07, 6.45) is -0.602. The molecule has 1 atom stereocenters. The summed E-state index contributed by atoms with van der Waals surface area (Å²) in [4.78, 5) is 0. The summed E-state index contributed by atoms with van der Waals surface area (Å²) in [5, 5.41) is 8.14. The summed E-state index contributed by atoms with van der Waals surface area (Å²) in [6.45, 7) is 0.394. The molecule has 0 fully saturated rings. The van der Waals surface area contributed by atoms with Crippen LogP contribution in [0.3, 0.4) is 0 Å². The SMILES string of the molecule is [NH-]C(O)CCN.[Pt]. The van der Waals surface area contributed by atoms with Gasteiger partial charge in [0, 0.05) is 21.1 Å². The molecule has 0 saturated carbocycles. The summed E-state index contributed by atoms with van der Waals surface area (Å²) in [7, 11) is 0. The van der Waals surface area contributed by atoms with Gasteiger partial charge in [-0.15, -0.1) is 0 Å². The maximum atomic E-state index is 8.14. The van der Waals surface area contributed by atoms with Gasteiger partial charge in [0.15, 0.2) is 0 Å². The predicted octanol–water partition coefficient (Wildman–Crippen LogP) is -0.297. The maximum absolute atomic E-state index is 8.14. The van der Waals surface area contributed by atoms with E-state index in [1.807, 2.05) is 0 Å². The van der Waals surface area contributed by atoms with Gasteiger partial charge in [-0.25, -0.2) is 0 Å². The Morgan fingerprint density at radius 2 is 2.14 bits per heavy atom. The average molecular weight is 284 g/mol. The van der Waals surface area contributed by atoms with Crippen molar-refractivity contribution in [3.63, 3.8) is 0 Å². The van der Waals surface area contributed by atoms with Crippen LogP contribution >= 0.6 is 0 Å². The normalized spacial score (nSPS) is 12.4. The van der Waals surface area contributed by atoms with Gasteiger partial charge in [0.2, 0.25) is 0 Å². The van der Waals surface area contributed by atoms with Crippen LogP contribution in [-0.4, -0.2) is 17.9 Å². The van der Waals surface area contributed by atoms with Crippen molar-refractivity contribution in [2.75, 3.05) is 6.54 Å². The topological polar surface area (TPSA) is 70.0 Å². The number of aliphatic hydroxyl groups is 1. The van der Waals surface area contributed by atoms with Crippen molar-refractivity contribution in [1.29, 1.82) is 0 Å². The van der Waals surface area contributed by atoms with Gasteiger partial charge in [0.05, 0.1) is 0 Å². The van der Waals surface area contributed by atoms with Crippen molar-refractivity contribution in [3.8, 4) is 0 Å². The molecular weight excluding hydrogens is 275 g/mol. The summed E-state index contributed by atoms with van der Waals surface area (Å²) < 4.78 is 0. The molecule has 48 valence electrons. The first kappa shape index (κ1) is 10.5. The Bertz CT molecular complexity index is 34.1. The van der Waals surface area contributed by atoms with E-state index >= 15 is 0 Å². The molecule has 0 heterocycles. The van der Waals surface area contributed by atoms with Gasteiger partial charge in [0.1, 0.15) is 0 Å². The average Bonchev–Trinajstić information content (AvgIpc) is 1.35. The predicted molar refractivity (Wildman–Crippen MR) is 24.0 cm³/mol. The van der Waals surface area contributed by atoms with E-state index in [1.54, 1.807) is 0 Å². The molecule has 0 aliphatic heterocycles. The standard InChI is InChI=1S/C3H9N2O.Pt/c4-2-1-3(5)6;/h3,5-6H,1-2,4H2;/q-1;. The molecule has 0 aliphatic rings. The fourth-order valence-electron chi connectivity index (χ4n) is 0.158.